The van der Waals surface area contributed by atoms with E-state index in [4.69, 9.17) is 9.47 Å². The number of amides is 1. The summed E-state index contributed by atoms with van der Waals surface area (Å²) in [4.78, 5) is 15.3. The Bertz CT molecular complexity index is 820. The maximum absolute atomic E-state index is 13.2. The molecule has 3 unspecified atom stereocenters. The van der Waals surface area contributed by atoms with Gasteiger partial charge in [0.15, 0.2) is 0 Å². The zero-order valence-corrected chi connectivity index (χ0v) is 16.8. The van der Waals surface area contributed by atoms with Crippen LogP contribution in [0.3, 0.4) is 0 Å². The van der Waals surface area contributed by atoms with Crippen molar-refractivity contribution in [2.75, 3.05) is 13.7 Å². The second kappa shape index (κ2) is 8.36. The van der Waals surface area contributed by atoms with E-state index in [9.17, 15) is 4.79 Å². The van der Waals surface area contributed by atoms with Crippen LogP contribution in [0.15, 0.2) is 48.5 Å². The number of ether oxygens (including phenoxy) is 2. The van der Waals surface area contributed by atoms with Gasteiger partial charge in [0.05, 0.1) is 13.2 Å². The number of carbonyl (C=O) groups is 1. The number of nitrogens with zero attached hydrogens (tertiary/aromatic N) is 1. The molecule has 2 aromatic carbocycles. The summed E-state index contributed by atoms with van der Waals surface area (Å²) in [6, 6.07) is 16.7. The van der Waals surface area contributed by atoms with Crippen LogP contribution < -0.4 is 4.74 Å². The summed E-state index contributed by atoms with van der Waals surface area (Å²) in [5.74, 6) is 1.01. The third kappa shape index (κ3) is 3.66. The van der Waals surface area contributed by atoms with Gasteiger partial charge in [-0.3, -0.25) is 4.79 Å². The summed E-state index contributed by atoms with van der Waals surface area (Å²) >= 11 is 0. The number of rotatable bonds is 6. The normalized spacial score (nSPS) is 23.9. The van der Waals surface area contributed by atoms with Crippen molar-refractivity contribution in [2.24, 2.45) is 0 Å². The molecule has 4 heteroatoms. The molecule has 0 N–H and O–H groups in total. The van der Waals surface area contributed by atoms with Crippen molar-refractivity contribution in [3.8, 4) is 5.75 Å². The first-order chi connectivity index (χ1) is 13.7. The Hall–Kier alpha value is -2.33. The quantitative estimate of drug-likeness (QED) is 0.750. The Labute approximate surface area is 167 Å². The first kappa shape index (κ1) is 19.0. The maximum atomic E-state index is 13.2. The third-order valence-corrected chi connectivity index (χ3v) is 5.99. The molecule has 1 aliphatic heterocycles. The number of fused-ring (bicyclic) bond motifs is 3. The van der Waals surface area contributed by atoms with Crippen molar-refractivity contribution < 1.29 is 14.3 Å². The molecule has 1 heterocycles. The fourth-order valence-corrected chi connectivity index (χ4v) is 4.57. The van der Waals surface area contributed by atoms with Crippen molar-refractivity contribution in [1.29, 1.82) is 0 Å². The van der Waals surface area contributed by atoms with E-state index in [0.29, 0.717) is 6.42 Å². The molecule has 0 radical (unpaired) electrons. The summed E-state index contributed by atoms with van der Waals surface area (Å²) in [5, 5.41) is 0. The molecule has 4 rings (SSSR count). The fourth-order valence-electron chi connectivity index (χ4n) is 4.57. The molecule has 3 atom stereocenters. The minimum absolute atomic E-state index is 0.0659. The molecule has 0 aromatic heterocycles. The van der Waals surface area contributed by atoms with Crippen molar-refractivity contribution >= 4 is 5.91 Å². The minimum Gasteiger partial charge on any atom is -0.497 e. The van der Waals surface area contributed by atoms with Gasteiger partial charge in [0.1, 0.15) is 18.0 Å². The number of carbonyl (C=O) groups excluding carboxylic acids is 1. The van der Waals surface area contributed by atoms with Gasteiger partial charge in [-0.05, 0) is 60.9 Å². The van der Waals surface area contributed by atoms with Crippen LogP contribution in [0.5, 0.6) is 5.75 Å². The number of hydrogen-bond acceptors (Lipinski definition) is 3. The zero-order valence-electron chi connectivity index (χ0n) is 16.8. The van der Waals surface area contributed by atoms with E-state index in [1.807, 2.05) is 24.3 Å². The first-order valence-corrected chi connectivity index (χ1v) is 10.4. The lowest BCUT2D eigenvalue weighted by atomic mass is 9.83. The lowest BCUT2D eigenvalue weighted by Gasteiger charge is -2.47. The third-order valence-electron chi connectivity index (χ3n) is 5.99. The molecule has 0 bridgehead atoms. The molecule has 0 spiro atoms. The topological polar surface area (TPSA) is 38.8 Å². The van der Waals surface area contributed by atoms with E-state index in [-0.39, 0.29) is 24.2 Å². The number of aryl methyl sites for hydroxylation is 2. The van der Waals surface area contributed by atoms with Gasteiger partial charge in [0.2, 0.25) is 0 Å². The number of hydrogen-bond donors (Lipinski definition) is 0. The van der Waals surface area contributed by atoms with Gasteiger partial charge in [0.25, 0.3) is 5.91 Å². The predicted octanol–water partition coefficient (Wildman–Crippen LogP) is 4.32. The second-order valence-corrected chi connectivity index (χ2v) is 7.77. The van der Waals surface area contributed by atoms with Gasteiger partial charge in [-0.1, -0.05) is 43.3 Å². The SMILES string of the molecule is CCCN1C(=O)C(CCc2ccccc2)OC2c3cc(OC)ccc3CCC21. The standard InChI is InChI=1S/C24H29NO3/c1-3-15-25-21-13-11-18-10-12-19(27-2)16-20(18)23(21)28-22(24(25)26)14-9-17-7-5-4-6-8-17/h4-8,10,12,16,21-23H,3,9,11,13-15H2,1-2H3. The molecule has 1 fully saturated rings. The van der Waals surface area contributed by atoms with E-state index in [1.165, 1.54) is 16.7 Å². The molecule has 148 valence electrons. The summed E-state index contributed by atoms with van der Waals surface area (Å²) in [5.41, 5.74) is 3.75. The summed E-state index contributed by atoms with van der Waals surface area (Å²) in [7, 11) is 1.69. The molecule has 1 aliphatic carbocycles. The van der Waals surface area contributed by atoms with Crippen molar-refractivity contribution in [3.63, 3.8) is 0 Å². The van der Waals surface area contributed by atoms with Gasteiger partial charge in [-0.2, -0.15) is 0 Å². The van der Waals surface area contributed by atoms with E-state index < -0.39 is 0 Å². The van der Waals surface area contributed by atoms with Gasteiger partial charge < -0.3 is 14.4 Å². The van der Waals surface area contributed by atoms with Crippen LogP contribution in [0.1, 0.15) is 49.0 Å². The van der Waals surface area contributed by atoms with Gasteiger partial charge >= 0.3 is 0 Å². The summed E-state index contributed by atoms with van der Waals surface area (Å²) in [6.07, 6.45) is 4.01. The largest absolute Gasteiger partial charge is 0.497 e. The molecule has 28 heavy (non-hydrogen) atoms. The highest BCUT2D eigenvalue weighted by atomic mass is 16.5. The molecular weight excluding hydrogens is 350 g/mol. The van der Waals surface area contributed by atoms with Crippen molar-refractivity contribution in [2.45, 2.75) is 57.3 Å². The molecule has 4 nitrogen and oxygen atoms in total. The van der Waals surface area contributed by atoms with Crippen molar-refractivity contribution in [3.05, 3.63) is 65.2 Å². The molecule has 1 saturated heterocycles. The zero-order chi connectivity index (χ0) is 19.5. The van der Waals surface area contributed by atoms with E-state index in [0.717, 1.165) is 38.0 Å². The maximum Gasteiger partial charge on any atom is 0.252 e. The van der Waals surface area contributed by atoms with Crippen LogP contribution in [0.25, 0.3) is 0 Å². The molecular formula is C24H29NO3. The Morgan fingerprint density at radius 1 is 1.18 bits per heavy atom. The van der Waals surface area contributed by atoms with Crippen molar-refractivity contribution in [1.82, 2.24) is 4.90 Å². The average molecular weight is 380 g/mol. The summed E-state index contributed by atoms with van der Waals surface area (Å²) in [6.45, 7) is 2.93. The van der Waals surface area contributed by atoms with Crippen LogP contribution in [-0.4, -0.2) is 36.6 Å². The van der Waals surface area contributed by atoms with Crippen LogP contribution in [0.4, 0.5) is 0 Å². The van der Waals surface area contributed by atoms with Crippen LogP contribution in [-0.2, 0) is 22.4 Å². The molecule has 0 saturated carbocycles. The Morgan fingerprint density at radius 3 is 2.75 bits per heavy atom. The Kier molecular flexibility index (Phi) is 5.67. The highest BCUT2D eigenvalue weighted by molar-refractivity contribution is 5.82. The van der Waals surface area contributed by atoms with Gasteiger partial charge in [0, 0.05) is 6.54 Å². The van der Waals surface area contributed by atoms with E-state index in [1.54, 1.807) is 7.11 Å². The lowest BCUT2D eigenvalue weighted by molar-refractivity contribution is -0.176. The Morgan fingerprint density at radius 2 is 2.00 bits per heavy atom. The van der Waals surface area contributed by atoms with Gasteiger partial charge in [-0.15, -0.1) is 0 Å². The van der Waals surface area contributed by atoms with Gasteiger partial charge in [-0.25, -0.2) is 0 Å². The highest BCUT2D eigenvalue weighted by Crippen LogP contribution is 2.41. The Balaban J connectivity index is 1.60. The summed E-state index contributed by atoms with van der Waals surface area (Å²) < 4.78 is 11.9. The molecule has 2 aliphatic rings. The predicted molar refractivity (Wildman–Crippen MR) is 109 cm³/mol. The van der Waals surface area contributed by atoms with E-state index >= 15 is 0 Å². The molecule has 1 amide bonds. The smallest absolute Gasteiger partial charge is 0.252 e. The van der Waals surface area contributed by atoms with Crippen LogP contribution in [0.2, 0.25) is 0 Å². The minimum atomic E-state index is -0.384. The average Bonchev–Trinajstić information content (AvgIpc) is 2.74. The number of benzene rings is 2. The second-order valence-electron chi connectivity index (χ2n) is 7.77. The monoisotopic (exact) mass is 379 g/mol. The van der Waals surface area contributed by atoms with Crippen LogP contribution >= 0.6 is 0 Å². The number of methoxy groups -OCH3 is 1. The number of morpholine rings is 1. The van der Waals surface area contributed by atoms with E-state index in [2.05, 4.69) is 36.1 Å². The lowest BCUT2D eigenvalue weighted by Crippen LogP contribution is -2.56. The van der Waals surface area contributed by atoms with Crippen LogP contribution in [0, 0.1) is 0 Å². The highest BCUT2D eigenvalue weighted by Gasteiger charge is 2.44. The molecule has 2 aromatic rings. The fraction of sp³-hybridized carbons (Fsp3) is 0.458. The first-order valence-electron chi connectivity index (χ1n) is 10.4.